The zero-order chi connectivity index (χ0) is 75.3. The van der Waals surface area contributed by atoms with Gasteiger partial charge in [0.2, 0.25) is 0 Å². The molecule has 0 nitrogen and oxygen atoms in total. The van der Waals surface area contributed by atoms with Gasteiger partial charge in [0.1, 0.15) is 0 Å². The Bertz CT molecular complexity index is 1950. The van der Waals surface area contributed by atoms with E-state index in [1.807, 2.05) is 0 Å². The minimum absolute atomic E-state index is 0.571. The average Bonchev–Trinajstić information content (AvgIpc) is 1.52. The lowest BCUT2D eigenvalue weighted by Gasteiger charge is -2.47. The van der Waals surface area contributed by atoms with Crippen molar-refractivity contribution in [3.8, 4) is 0 Å². The molecule has 0 N–H and O–H groups in total. The highest BCUT2D eigenvalue weighted by atomic mass is 14.5. The van der Waals surface area contributed by atoms with Gasteiger partial charge in [0.15, 0.2) is 0 Å². The highest BCUT2D eigenvalue weighted by Gasteiger charge is 2.46. The van der Waals surface area contributed by atoms with Crippen molar-refractivity contribution in [1.29, 1.82) is 0 Å². The van der Waals surface area contributed by atoms with Gasteiger partial charge >= 0.3 is 0 Å². The molecule has 0 amide bonds. The zero-order valence-electron chi connectivity index (χ0n) is 75.3. The van der Waals surface area contributed by atoms with E-state index in [-0.39, 0.29) is 0 Å². The first-order chi connectivity index (χ1) is 44.8. The molecule has 12 saturated carbocycles. The third-order valence-corrected chi connectivity index (χ3v) is 32.8. The maximum absolute atomic E-state index is 2.48. The highest BCUT2D eigenvalue weighted by molar-refractivity contribution is 4.97. The number of hydrogen-bond donors (Lipinski definition) is 0. The molecule has 12 rings (SSSR count). The summed E-state index contributed by atoms with van der Waals surface area (Å²) in [6, 6.07) is 0. The Kier molecular flexibility index (Phi) is 40.3. The summed E-state index contributed by atoms with van der Waals surface area (Å²) < 4.78 is 0. The van der Waals surface area contributed by atoms with Crippen LogP contribution in [-0.2, 0) is 0 Å². The molecule has 0 heterocycles. The molecule has 7 unspecified atom stereocenters. The summed E-state index contributed by atoms with van der Waals surface area (Å²) in [6.45, 7) is 85.8. The normalized spacial score (nSPS) is 37.3. The van der Waals surface area contributed by atoms with Gasteiger partial charge in [-0.25, -0.2) is 0 Å². The van der Waals surface area contributed by atoms with Gasteiger partial charge in [-0.05, 0) is 276 Å². The standard InChI is InChI=1S/2C11H22.C9H16.3C9H18.5C8H16/c1-9-6-10(2,3)8-11(4,5)7-9;1-9-10(2,3)7-6-8-11(9,4)5;1-7-5-8-3-4-9(7,2)6-8;1-8-4-6-9(2,3)7-5-8;1-8-6-4-5-7-9(8,2)3;1-7-5-4-6-8(2)9(7)3;1-6(2)8-4-7(3)5-8;1-8(2,3)7-5-4-6-7;1-6-4-5-7(2)8(6)3;1-5-6(2)8(4)7(5)3;1-3-7(2)8-5-4-6-8/h2*9H,6-8H2,1-5H3;7-8H,3-6H2,1-2H3;2*8H,4-7H2,1-3H3;7-9H,4-6H2,1-3H3;6-8H,4-5H2,1-3H3;7H,4-6H2,1-3H3;6-8H,4-5H2,1-3H3;5-8H,1-4H3;7-8H,3-6H2,1-2H3/t;;7-,8?,9?;;8-;;;;;;/m..0.1....../s1. The maximum atomic E-state index is 2.48. The fraction of sp³-hybridized carbons (Fsp3) is 1.00. The zero-order valence-corrected chi connectivity index (χ0v) is 75.3. The second kappa shape index (κ2) is 41.9. The van der Waals surface area contributed by atoms with Crippen molar-refractivity contribution in [3.05, 3.63) is 0 Å². The van der Waals surface area contributed by atoms with E-state index in [1.165, 1.54) is 205 Å². The minimum Gasteiger partial charge on any atom is -0.0651 e. The topological polar surface area (TPSA) is 0 Å². The van der Waals surface area contributed by atoms with Crippen LogP contribution in [0.2, 0.25) is 0 Å². The summed E-state index contributed by atoms with van der Waals surface area (Å²) in [5.41, 5.74) is 4.97. The first-order valence-electron chi connectivity index (χ1n) is 44.8. The van der Waals surface area contributed by atoms with Gasteiger partial charge in [0.25, 0.3) is 0 Å². The van der Waals surface area contributed by atoms with Crippen molar-refractivity contribution >= 4 is 0 Å². The Morgan fingerprint density at radius 1 is 0.337 bits per heavy atom. The predicted molar refractivity (Wildman–Crippen MR) is 448 cm³/mol. The Hall–Kier alpha value is 0. The molecule has 0 radical (unpaired) electrons. The van der Waals surface area contributed by atoms with Gasteiger partial charge in [-0.2, -0.15) is 0 Å². The fourth-order valence-electron chi connectivity index (χ4n) is 21.3. The van der Waals surface area contributed by atoms with Crippen LogP contribution in [0.3, 0.4) is 0 Å². The predicted octanol–water partition coefficient (Wildman–Crippen LogP) is 33.7. The van der Waals surface area contributed by atoms with Crippen LogP contribution in [0.1, 0.15) is 455 Å². The van der Waals surface area contributed by atoms with Crippen molar-refractivity contribution in [2.45, 2.75) is 455 Å². The molecule has 9 atom stereocenters. The third-order valence-electron chi connectivity index (χ3n) is 32.8. The number of hydrogen-bond acceptors (Lipinski definition) is 0. The van der Waals surface area contributed by atoms with Crippen LogP contribution in [-0.4, -0.2) is 0 Å². The van der Waals surface area contributed by atoms with Crippen molar-refractivity contribution in [1.82, 2.24) is 0 Å². The second-order valence-corrected chi connectivity index (χ2v) is 45.7. The van der Waals surface area contributed by atoms with Crippen molar-refractivity contribution < 1.29 is 0 Å². The maximum Gasteiger partial charge on any atom is -0.0297 e. The molecule has 2 bridgehead atoms. The van der Waals surface area contributed by atoms with Crippen LogP contribution < -0.4 is 0 Å². The van der Waals surface area contributed by atoms with E-state index in [1.54, 1.807) is 0 Å². The van der Waals surface area contributed by atoms with Gasteiger partial charge in [0.05, 0.1) is 0 Å². The summed E-state index contributed by atoms with van der Waals surface area (Å²) in [4.78, 5) is 0. The van der Waals surface area contributed by atoms with E-state index in [0.29, 0.717) is 37.9 Å². The van der Waals surface area contributed by atoms with Gasteiger partial charge in [-0.15, -0.1) is 0 Å². The number of fused-ring (bicyclic) bond motifs is 2. The van der Waals surface area contributed by atoms with Crippen molar-refractivity contribution in [3.63, 3.8) is 0 Å². The van der Waals surface area contributed by atoms with Crippen LogP contribution in [0.25, 0.3) is 0 Å². The van der Waals surface area contributed by atoms with E-state index in [0.717, 1.165) is 136 Å². The van der Waals surface area contributed by atoms with Crippen LogP contribution in [0.15, 0.2) is 0 Å². The lowest BCUT2D eigenvalue weighted by atomic mass is 9.58. The van der Waals surface area contributed by atoms with Crippen molar-refractivity contribution in [2.24, 2.45) is 174 Å². The monoisotopic (exact) mass is 1370 g/mol. The Morgan fingerprint density at radius 3 is 0.969 bits per heavy atom. The summed E-state index contributed by atoms with van der Waals surface area (Å²) in [5.74, 6) is 21.8. The molecule has 12 aliphatic rings. The van der Waals surface area contributed by atoms with Gasteiger partial charge in [0, 0.05) is 0 Å². The first-order valence-corrected chi connectivity index (χ1v) is 44.8. The molecule has 0 saturated heterocycles. The first kappa shape index (κ1) is 94.1. The SMILES string of the molecule is CC(C)(C)C1CCC1.CC1C(C)(C)CCCC1(C)C.CC1C(C)C(C)C1C.CC1CC(C(C)C)C1.CC1CC(C)(C)CC(C)(C)C1.CC1CCC(C)(C)CC1.CC1CCC(C)C1C.CC1CCCC(C)C1C.CCC(C)C1CCC1.C[C@@H]1CCCCC1(C)C.C[C@H]1CC2CCC1(C)C2. The van der Waals surface area contributed by atoms with Crippen LogP contribution in [0, 0.1) is 174 Å². The molecule has 12 aliphatic carbocycles. The van der Waals surface area contributed by atoms with E-state index in [9.17, 15) is 0 Å². The molecule has 0 spiro atoms. The molecular weight excluding hydrogens is 1180 g/mol. The van der Waals surface area contributed by atoms with Crippen molar-refractivity contribution in [2.75, 3.05) is 0 Å². The fourth-order valence-corrected chi connectivity index (χ4v) is 21.3. The molecule has 0 aromatic heterocycles. The third kappa shape index (κ3) is 33.0. The van der Waals surface area contributed by atoms with E-state index >= 15 is 0 Å². The lowest BCUT2D eigenvalue weighted by molar-refractivity contribution is 0.0286. The highest BCUT2D eigenvalue weighted by Crippen LogP contribution is 2.57. The van der Waals surface area contributed by atoms with E-state index in [2.05, 4.69) is 249 Å². The summed E-state index contributed by atoms with van der Waals surface area (Å²) in [6.07, 6.45) is 46.8. The smallest absolute Gasteiger partial charge is 0.0297 e. The molecule has 0 heteroatoms. The Morgan fingerprint density at radius 2 is 0.755 bits per heavy atom. The van der Waals surface area contributed by atoms with Gasteiger partial charge in [-0.3, -0.25) is 0 Å². The molecular formula is C98H194. The molecule has 586 valence electrons. The van der Waals surface area contributed by atoms with Crippen LogP contribution in [0.4, 0.5) is 0 Å². The quantitative estimate of drug-likeness (QED) is 0.264. The second-order valence-electron chi connectivity index (χ2n) is 45.7. The van der Waals surface area contributed by atoms with Gasteiger partial charge < -0.3 is 0 Å². The lowest BCUT2D eigenvalue weighted by Crippen LogP contribution is -2.39. The average molecular weight is 1370 g/mol. The molecule has 0 aromatic rings. The summed E-state index contributed by atoms with van der Waals surface area (Å²) >= 11 is 0. The van der Waals surface area contributed by atoms with Crippen LogP contribution >= 0.6 is 0 Å². The molecule has 0 aliphatic heterocycles. The summed E-state index contributed by atoms with van der Waals surface area (Å²) in [7, 11) is 0. The molecule has 12 fully saturated rings. The van der Waals surface area contributed by atoms with Gasteiger partial charge in [-0.1, -0.05) is 352 Å². The Balaban J connectivity index is 0.000000367. The van der Waals surface area contributed by atoms with Crippen LogP contribution in [0.5, 0.6) is 0 Å². The summed E-state index contributed by atoms with van der Waals surface area (Å²) in [5, 5.41) is 0. The Labute approximate surface area is 624 Å². The number of rotatable bonds is 3. The molecule has 0 aromatic carbocycles. The van der Waals surface area contributed by atoms with E-state index < -0.39 is 0 Å². The minimum atomic E-state index is 0.571. The largest absolute Gasteiger partial charge is 0.0651 e. The molecule has 98 heavy (non-hydrogen) atoms. The van der Waals surface area contributed by atoms with E-state index in [4.69, 9.17) is 0 Å².